The molecule has 0 radical (unpaired) electrons. The Kier molecular flexibility index (Phi) is 6.16. The predicted octanol–water partition coefficient (Wildman–Crippen LogP) is 5.01. The van der Waals surface area contributed by atoms with E-state index in [1.165, 1.54) is 50.3 Å². The molecule has 1 saturated carbocycles. The minimum atomic E-state index is 0.862. The Labute approximate surface area is 98.0 Å². The highest BCUT2D eigenvalue weighted by Gasteiger charge is 2.22. The average Bonchev–Trinajstić information content (AvgIpc) is 2.41. The molecule has 1 unspecified atom stereocenters. The summed E-state index contributed by atoms with van der Waals surface area (Å²) in [6.45, 7) is 4.71. The summed E-state index contributed by atoms with van der Waals surface area (Å²) in [5, 5.41) is 1.22. The van der Waals surface area contributed by atoms with Crippen LogP contribution in [0.25, 0.3) is 0 Å². The van der Waals surface area contributed by atoms with Gasteiger partial charge in [-0.25, -0.2) is 0 Å². The normalized spacial score (nSPS) is 22.3. The van der Waals surface area contributed by atoms with Crippen molar-refractivity contribution in [2.45, 2.75) is 58.8 Å². The van der Waals surface area contributed by atoms with Gasteiger partial charge in [-0.2, -0.15) is 0 Å². The van der Waals surface area contributed by atoms with Gasteiger partial charge in [-0.1, -0.05) is 68.3 Å². The lowest BCUT2D eigenvalue weighted by atomic mass is 9.82. The van der Waals surface area contributed by atoms with Crippen LogP contribution >= 0.6 is 15.9 Å². The largest absolute Gasteiger partial charge is 0.0925 e. The Morgan fingerprint density at radius 2 is 1.64 bits per heavy atom. The van der Waals surface area contributed by atoms with Crippen LogP contribution in [0.1, 0.15) is 58.8 Å². The molecule has 0 bridgehead atoms. The van der Waals surface area contributed by atoms with Gasteiger partial charge >= 0.3 is 0 Å². The third-order valence-corrected chi connectivity index (χ3v) is 4.37. The smallest absolute Gasteiger partial charge is 0.00624 e. The van der Waals surface area contributed by atoms with Crippen molar-refractivity contribution in [3.05, 3.63) is 0 Å². The van der Waals surface area contributed by atoms with Crippen molar-refractivity contribution < 1.29 is 0 Å². The summed E-state index contributed by atoms with van der Waals surface area (Å²) in [5.74, 6) is 2.81. The van der Waals surface area contributed by atoms with Gasteiger partial charge in [0, 0.05) is 5.33 Å². The molecule has 0 saturated heterocycles. The Bertz CT molecular complexity index is 134. The molecule has 0 amide bonds. The Balaban J connectivity index is 2.40. The molecule has 1 atom stereocenters. The van der Waals surface area contributed by atoms with Gasteiger partial charge in [0.25, 0.3) is 0 Å². The molecular weight excluding hydrogens is 236 g/mol. The summed E-state index contributed by atoms with van der Waals surface area (Å²) < 4.78 is 0. The van der Waals surface area contributed by atoms with Crippen LogP contribution in [0.3, 0.4) is 0 Å². The van der Waals surface area contributed by atoms with E-state index in [2.05, 4.69) is 29.8 Å². The molecule has 1 aliphatic rings. The first-order valence-electron chi connectivity index (χ1n) is 6.30. The maximum absolute atomic E-state index is 3.71. The van der Waals surface area contributed by atoms with Gasteiger partial charge < -0.3 is 0 Å². The molecule has 0 aromatic heterocycles. The first kappa shape index (κ1) is 12.5. The molecule has 0 spiro atoms. The van der Waals surface area contributed by atoms with E-state index in [0.717, 1.165) is 17.8 Å². The Morgan fingerprint density at radius 3 is 2.07 bits per heavy atom. The van der Waals surface area contributed by atoms with Crippen LogP contribution in [0.15, 0.2) is 0 Å². The van der Waals surface area contributed by atoms with E-state index in [1.54, 1.807) is 0 Å². The van der Waals surface area contributed by atoms with Gasteiger partial charge in [0.2, 0.25) is 0 Å². The van der Waals surface area contributed by atoms with Crippen LogP contribution in [0.5, 0.6) is 0 Å². The van der Waals surface area contributed by atoms with Crippen molar-refractivity contribution in [3.63, 3.8) is 0 Å². The highest BCUT2D eigenvalue weighted by Crippen LogP contribution is 2.33. The topological polar surface area (TPSA) is 0 Å². The molecule has 1 rings (SSSR count). The van der Waals surface area contributed by atoms with E-state index in [9.17, 15) is 0 Å². The summed E-state index contributed by atoms with van der Waals surface area (Å²) in [6.07, 6.45) is 10.3. The van der Waals surface area contributed by atoms with Crippen molar-refractivity contribution in [2.75, 3.05) is 5.33 Å². The molecule has 0 N–H and O–H groups in total. The summed E-state index contributed by atoms with van der Waals surface area (Å²) in [5.41, 5.74) is 0. The van der Waals surface area contributed by atoms with Crippen LogP contribution < -0.4 is 0 Å². The molecule has 0 aliphatic heterocycles. The van der Waals surface area contributed by atoms with Crippen LogP contribution in [0, 0.1) is 17.8 Å². The molecule has 0 heterocycles. The number of alkyl halides is 1. The number of hydrogen-bond acceptors (Lipinski definition) is 0. The molecule has 1 heteroatoms. The molecule has 0 aromatic rings. The summed E-state index contributed by atoms with van der Waals surface area (Å²) in [7, 11) is 0. The quantitative estimate of drug-likeness (QED) is 0.492. The molecule has 1 fully saturated rings. The summed E-state index contributed by atoms with van der Waals surface area (Å²) >= 11 is 3.71. The zero-order valence-corrected chi connectivity index (χ0v) is 11.4. The molecule has 0 nitrogen and oxygen atoms in total. The summed E-state index contributed by atoms with van der Waals surface area (Å²) in [4.78, 5) is 0. The fourth-order valence-corrected chi connectivity index (χ4v) is 3.56. The van der Waals surface area contributed by atoms with E-state index in [-0.39, 0.29) is 0 Å². The molecule has 14 heavy (non-hydrogen) atoms. The number of rotatable bonds is 4. The van der Waals surface area contributed by atoms with Gasteiger partial charge in [-0.05, 0) is 24.2 Å². The fraction of sp³-hybridized carbons (Fsp3) is 1.00. The van der Waals surface area contributed by atoms with Crippen molar-refractivity contribution in [2.24, 2.45) is 17.8 Å². The van der Waals surface area contributed by atoms with E-state index >= 15 is 0 Å². The minimum absolute atomic E-state index is 0.862. The first-order chi connectivity index (χ1) is 6.74. The van der Waals surface area contributed by atoms with Crippen molar-refractivity contribution in [1.82, 2.24) is 0 Å². The van der Waals surface area contributed by atoms with Crippen molar-refractivity contribution in [3.8, 4) is 0 Å². The minimum Gasteiger partial charge on any atom is -0.0925 e. The third kappa shape index (κ3) is 4.33. The van der Waals surface area contributed by atoms with E-state index < -0.39 is 0 Å². The average molecular weight is 261 g/mol. The molecule has 0 aromatic carbocycles. The summed E-state index contributed by atoms with van der Waals surface area (Å²) in [6, 6.07) is 0. The highest BCUT2D eigenvalue weighted by molar-refractivity contribution is 9.09. The lowest BCUT2D eigenvalue weighted by molar-refractivity contribution is 0.282. The molecule has 1 aliphatic carbocycles. The van der Waals surface area contributed by atoms with Gasteiger partial charge in [0.05, 0.1) is 0 Å². The molecular formula is C13H25Br. The fourth-order valence-electron chi connectivity index (χ4n) is 2.77. The SMILES string of the molecule is CC(C)CC(CBr)C1CCCCCC1. The van der Waals surface area contributed by atoms with E-state index in [4.69, 9.17) is 0 Å². The lowest BCUT2D eigenvalue weighted by Crippen LogP contribution is -2.17. The van der Waals surface area contributed by atoms with E-state index in [1.807, 2.05) is 0 Å². The van der Waals surface area contributed by atoms with Crippen molar-refractivity contribution >= 4 is 15.9 Å². The second-order valence-corrected chi connectivity index (χ2v) is 5.94. The third-order valence-electron chi connectivity index (χ3n) is 3.54. The van der Waals surface area contributed by atoms with Gasteiger partial charge in [-0.3, -0.25) is 0 Å². The van der Waals surface area contributed by atoms with Crippen LogP contribution in [0.2, 0.25) is 0 Å². The number of hydrogen-bond donors (Lipinski definition) is 0. The van der Waals surface area contributed by atoms with Gasteiger partial charge in [-0.15, -0.1) is 0 Å². The zero-order valence-electron chi connectivity index (χ0n) is 9.77. The van der Waals surface area contributed by atoms with Gasteiger partial charge in [0.1, 0.15) is 0 Å². The second-order valence-electron chi connectivity index (χ2n) is 5.30. The maximum atomic E-state index is 3.71. The van der Waals surface area contributed by atoms with Crippen LogP contribution in [0.4, 0.5) is 0 Å². The lowest BCUT2D eigenvalue weighted by Gasteiger charge is -2.25. The Hall–Kier alpha value is 0.480. The second kappa shape index (κ2) is 6.87. The zero-order chi connectivity index (χ0) is 10.4. The standard InChI is InChI=1S/C13H25Br/c1-11(2)9-13(10-14)12-7-5-3-4-6-8-12/h11-13H,3-10H2,1-2H3. The van der Waals surface area contributed by atoms with Crippen LogP contribution in [-0.4, -0.2) is 5.33 Å². The predicted molar refractivity (Wildman–Crippen MR) is 67.9 cm³/mol. The maximum Gasteiger partial charge on any atom is 0.00624 e. The van der Waals surface area contributed by atoms with Crippen molar-refractivity contribution in [1.29, 1.82) is 0 Å². The molecule has 84 valence electrons. The highest BCUT2D eigenvalue weighted by atomic mass is 79.9. The van der Waals surface area contributed by atoms with Gasteiger partial charge in [0.15, 0.2) is 0 Å². The monoisotopic (exact) mass is 260 g/mol. The van der Waals surface area contributed by atoms with E-state index in [0.29, 0.717) is 0 Å². The Morgan fingerprint density at radius 1 is 1.07 bits per heavy atom. The number of halogens is 1. The first-order valence-corrected chi connectivity index (χ1v) is 7.42. The van der Waals surface area contributed by atoms with Crippen LogP contribution in [-0.2, 0) is 0 Å².